The Bertz CT molecular complexity index is 1490. The minimum Gasteiger partial charge on any atom is -0.506 e. The van der Waals surface area contributed by atoms with Crippen LogP contribution < -0.4 is 0 Å². The Morgan fingerprint density at radius 3 is 2.48 bits per heavy atom. The SMILES string of the molecule is C=CC(=O)N1CCc2nn(-c3ccc(C4CCC4)cc3)c3c2[C@H](C1)N(C(=O)c1cnc(C(F)(F)F)c(O)c1)CC3. The van der Waals surface area contributed by atoms with E-state index in [0.29, 0.717) is 25.3 Å². The van der Waals surface area contributed by atoms with Gasteiger partial charge in [-0.15, -0.1) is 0 Å². The number of hydrogen-bond donors (Lipinski definition) is 1. The molecule has 208 valence electrons. The number of halogens is 3. The Morgan fingerprint density at radius 2 is 1.85 bits per heavy atom. The van der Waals surface area contributed by atoms with Gasteiger partial charge in [0, 0.05) is 44.2 Å². The number of nitrogens with zero attached hydrogens (tertiary/aromatic N) is 5. The minimum atomic E-state index is -4.85. The molecular formula is C29H28F3N5O3. The van der Waals surface area contributed by atoms with Crippen LogP contribution in [0.5, 0.6) is 5.75 Å². The number of carbonyl (C=O) groups excluding carboxylic acids is 2. The maximum absolute atomic E-state index is 13.6. The quantitative estimate of drug-likeness (QED) is 0.480. The largest absolute Gasteiger partial charge is 0.506 e. The van der Waals surface area contributed by atoms with Crippen LogP contribution in [0.25, 0.3) is 5.69 Å². The molecule has 1 saturated carbocycles. The maximum Gasteiger partial charge on any atom is 0.437 e. The van der Waals surface area contributed by atoms with Crippen LogP contribution in [0.1, 0.15) is 69.8 Å². The van der Waals surface area contributed by atoms with Crippen LogP contribution >= 0.6 is 0 Å². The van der Waals surface area contributed by atoms with E-state index in [9.17, 15) is 27.9 Å². The van der Waals surface area contributed by atoms with Crippen LogP contribution in [0.2, 0.25) is 0 Å². The number of amides is 2. The normalized spacial score (nSPS) is 19.0. The number of rotatable bonds is 4. The highest BCUT2D eigenvalue weighted by atomic mass is 19.4. The van der Waals surface area contributed by atoms with E-state index in [1.165, 1.54) is 35.8 Å². The lowest BCUT2D eigenvalue weighted by Gasteiger charge is -2.37. The van der Waals surface area contributed by atoms with Crippen molar-refractivity contribution in [3.8, 4) is 11.4 Å². The lowest BCUT2D eigenvalue weighted by Crippen LogP contribution is -2.45. The Kier molecular flexibility index (Phi) is 6.39. The summed E-state index contributed by atoms with van der Waals surface area (Å²) in [5.74, 6) is -1.36. The average Bonchev–Trinajstić information content (AvgIpc) is 3.16. The number of aromatic nitrogens is 3. The topological polar surface area (TPSA) is 91.6 Å². The van der Waals surface area contributed by atoms with Crippen LogP contribution in [-0.2, 0) is 23.8 Å². The molecule has 3 aromatic rings. The van der Waals surface area contributed by atoms with Crippen molar-refractivity contribution in [1.82, 2.24) is 24.6 Å². The van der Waals surface area contributed by atoms with E-state index in [4.69, 9.17) is 5.10 Å². The monoisotopic (exact) mass is 551 g/mol. The number of alkyl halides is 3. The van der Waals surface area contributed by atoms with E-state index in [2.05, 4.69) is 35.8 Å². The highest BCUT2D eigenvalue weighted by Gasteiger charge is 2.41. The Morgan fingerprint density at radius 1 is 1.10 bits per heavy atom. The molecule has 0 unspecified atom stereocenters. The molecule has 1 aromatic carbocycles. The molecule has 3 aliphatic rings. The van der Waals surface area contributed by atoms with Crippen LogP contribution in [0.3, 0.4) is 0 Å². The van der Waals surface area contributed by atoms with Gasteiger partial charge in [-0.05, 0) is 48.6 Å². The summed E-state index contributed by atoms with van der Waals surface area (Å²) < 4.78 is 41.3. The molecule has 2 amide bonds. The Labute approximate surface area is 228 Å². The van der Waals surface area contributed by atoms with Crippen molar-refractivity contribution in [2.75, 3.05) is 19.6 Å². The van der Waals surface area contributed by atoms with Gasteiger partial charge in [0.2, 0.25) is 5.91 Å². The summed E-state index contributed by atoms with van der Waals surface area (Å²) in [6.07, 6.45) is 1.82. The smallest absolute Gasteiger partial charge is 0.437 e. The summed E-state index contributed by atoms with van der Waals surface area (Å²) in [6.45, 7) is 4.41. The maximum atomic E-state index is 13.6. The van der Waals surface area contributed by atoms with Crippen molar-refractivity contribution in [2.45, 2.75) is 50.2 Å². The van der Waals surface area contributed by atoms with Gasteiger partial charge < -0.3 is 14.9 Å². The van der Waals surface area contributed by atoms with E-state index < -0.39 is 29.6 Å². The van der Waals surface area contributed by atoms with Gasteiger partial charge in [0.15, 0.2) is 5.69 Å². The van der Waals surface area contributed by atoms with Crippen molar-refractivity contribution in [2.24, 2.45) is 0 Å². The summed E-state index contributed by atoms with van der Waals surface area (Å²) in [5, 5.41) is 14.9. The van der Waals surface area contributed by atoms with Crippen molar-refractivity contribution in [1.29, 1.82) is 0 Å². The molecular weight excluding hydrogens is 523 g/mol. The van der Waals surface area contributed by atoms with Gasteiger partial charge in [-0.3, -0.25) is 9.59 Å². The van der Waals surface area contributed by atoms with E-state index in [1.807, 2.05) is 4.68 Å². The lowest BCUT2D eigenvalue weighted by molar-refractivity contribution is -0.142. The molecule has 11 heteroatoms. The minimum absolute atomic E-state index is 0.166. The van der Waals surface area contributed by atoms with Crippen LogP contribution in [0.15, 0.2) is 49.2 Å². The molecule has 1 atom stereocenters. The zero-order chi connectivity index (χ0) is 28.2. The number of aromatic hydroxyl groups is 1. The molecule has 0 bridgehead atoms. The first-order valence-electron chi connectivity index (χ1n) is 13.3. The number of benzene rings is 1. The van der Waals surface area contributed by atoms with Crippen molar-refractivity contribution < 1.29 is 27.9 Å². The highest BCUT2D eigenvalue weighted by Crippen LogP contribution is 2.40. The molecule has 2 aliphatic heterocycles. The van der Waals surface area contributed by atoms with Gasteiger partial charge in [-0.1, -0.05) is 25.1 Å². The van der Waals surface area contributed by atoms with E-state index >= 15 is 0 Å². The van der Waals surface area contributed by atoms with Crippen molar-refractivity contribution >= 4 is 11.8 Å². The molecule has 0 radical (unpaired) electrons. The first-order valence-corrected chi connectivity index (χ1v) is 13.3. The lowest BCUT2D eigenvalue weighted by atomic mass is 9.80. The average molecular weight is 552 g/mol. The summed E-state index contributed by atoms with van der Waals surface area (Å²) in [6, 6.07) is 8.63. The summed E-state index contributed by atoms with van der Waals surface area (Å²) in [5.41, 5.74) is 3.19. The summed E-state index contributed by atoms with van der Waals surface area (Å²) in [7, 11) is 0. The fraction of sp³-hybridized carbons (Fsp3) is 0.379. The van der Waals surface area contributed by atoms with Crippen molar-refractivity contribution in [3.05, 3.63) is 83.0 Å². The third-order valence-corrected chi connectivity index (χ3v) is 8.25. The molecule has 2 aromatic heterocycles. The molecule has 6 rings (SSSR count). The number of pyridine rings is 1. The van der Waals surface area contributed by atoms with E-state index in [-0.39, 0.29) is 24.6 Å². The second-order valence-corrected chi connectivity index (χ2v) is 10.5. The second-order valence-electron chi connectivity index (χ2n) is 10.5. The summed E-state index contributed by atoms with van der Waals surface area (Å²) in [4.78, 5) is 32.7. The van der Waals surface area contributed by atoms with Gasteiger partial charge >= 0.3 is 6.18 Å². The van der Waals surface area contributed by atoms with E-state index in [1.54, 1.807) is 4.90 Å². The standard InChI is InChI=1S/C29H28F3N5O3/c1-2-25(39)35-12-10-21-26-22(37(34-21)20-8-6-18(7-9-20)17-4-3-5-17)11-13-36(23(26)16-35)28(40)19-14-24(38)27(33-15-19)29(30,31)32/h2,6-9,14-15,17,23,38H,1,3-5,10-13,16H2/t23-/m0/s1. The first kappa shape index (κ1) is 26.1. The number of hydrogen-bond acceptors (Lipinski definition) is 5. The van der Waals surface area contributed by atoms with Gasteiger partial charge in [0.1, 0.15) is 5.75 Å². The van der Waals surface area contributed by atoms with Gasteiger partial charge in [0.25, 0.3) is 5.91 Å². The molecule has 0 spiro atoms. The fourth-order valence-electron chi connectivity index (χ4n) is 5.96. The zero-order valence-electron chi connectivity index (χ0n) is 21.7. The third-order valence-electron chi connectivity index (χ3n) is 8.25. The molecule has 1 fully saturated rings. The molecule has 8 nitrogen and oxygen atoms in total. The second kappa shape index (κ2) is 9.79. The zero-order valence-corrected chi connectivity index (χ0v) is 21.7. The van der Waals surface area contributed by atoms with Crippen LogP contribution in [-0.4, -0.2) is 61.1 Å². The first-order chi connectivity index (χ1) is 19.2. The highest BCUT2D eigenvalue weighted by molar-refractivity contribution is 5.95. The molecule has 40 heavy (non-hydrogen) atoms. The van der Waals surface area contributed by atoms with Crippen molar-refractivity contribution in [3.63, 3.8) is 0 Å². The third kappa shape index (κ3) is 4.43. The number of carbonyl (C=O) groups is 2. The van der Waals surface area contributed by atoms with Gasteiger partial charge in [-0.2, -0.15) is 18.3 Å². The van der Waals surface area contributed by atoms with Crippen LogP contribution in [0, 0.1) is 0 Å². The Balaban J connectivity index is 1.37. The van der Waals surface area contributed by atoms with Gasteiger partial charge in [-0.25, -0.2) is 9.67 Å². The summed E-state index contributed by atoms with van der Waals surface area (Å²) >= 11 is 0. The molecule has 4 heterocycles. The molecule has 0 saturated heterocycles. The fourth-order valence-corrected chi connectivity index (χ4v) is 5.96. The Hall–Kier alpha value is -4.15. The predicted octanol–water partition coefficient (Wildman–Crippen LogP) is 4.57. The predicted molar refractivity (Wildman–Crippen MR) is 139 cm³/mol. The van der Waals surface area contributed by atoms with E-state index in [0.717, 1.165) is 34.9 Å². The van der Waals surface area contributed by atoms with Gasteiger partial charge in [0.05, 0.1) is 28.7 Å². The molecule has 1 aliphatic carbocycles. The molecule has 1 N–H and O–H groups in total. The van der Waals surface area contributed by atoms with Crippen LogP contribution in [0.4, 0.5) is 13.2 Å².